The predicted molar refractivity (Wildman–Crippen MR) is 109 cm³/mol. The molecule has 1 aliphatic rings. The van der Waals surface area contributed by atoms with E-state index in [0.717, 1.165) is 54.6 Å². The van der Waals surface area contributed by atoms with Crippen LogP contribution in [0.5, 0.6) is 5.75 Å². The topological polar surface area (TPSA) is 65.6 Å². The van der Waals surface area contributed by atoms with Crippen LogP contribution in [0.1, 0.15) is 35.3 Å². The van der Waals surface area contributed by atoms with Crippen LogP contribution in [0.2, 0.25) is 0 Å². The van der Waals surface area contributed by atoms with Gasteiger partial charge in [0.15, 0.2) is 0 Å². The number of benzene rings is 2. The molecular weight excluding hydrogens is 352 g/mol. The number of aromatic nitrogens is 1. The number of nitrogens with one attached hydrogen (secondary N) is 1. The molecule has 0 radical (unpaired) electrons. The monoisotopic (exact) mass is 378 g/mol. The van der Waals surface area contributed by atoms with Crippen LogP contribution >= 0.6 is 0 Å². The summed E-state index contributed by atoms with van der Waals surface area (Å²) in [5.41, 5.74) is 2.68. The fourth-order valence-corrected chi connectivity index (χ4v) is 3.83. The van der Waals surface area contributed by atoms with E-state index in [9.17, 15) is 4.79 Å². The van der Waals surface area contributed by atoms with Crippen molar-refractivity contribution in [1.82, 2.24) is 9.88 Å². The molecule has 3 aromatic rings. The van der Waals surface area contributed by atoms with Crippen molar-refractivity contribution in [2.45, 2.75) is 25.9 Å². The first-order chi connectivity index (χ1) is 13.7. The maximum absolute atomic E-state index is 12.8. The van der Waals surface area contributed by atoms with Crippen LogP contribution in [0.3, 0.4) is 0 Å². The van der Waals surface area contributed by atoms with Crippen molar-refractivity contribution in [2.75, 3.05) is 19.7 Å². The van der Waals surface area contributed by atoms with Crippen molar-refractivity contribution in [3.8, 4) is 5.75 Å². The zero-order valence-electron chi connectivity index (χ0n) is 15.9. The Morgan fingerprint density at radius 1 is 1.11 bits per heavy atom. The number of hydrogen-bond donors (Lipinski definition) is 2. The Kier molecular flexibility index (Phi) is 5.63. The van der Waals surface area contributed by atoms with Crippen molar-refractivity contribution in [2.24, 2.45) is 5.92 Å². The van der Waals surface area contributed by atoms with Gasteiger partial charge in [0, 0.05) is 30.6 Å². The van der Waals surface area contributed by atoms with Gasteiger partial charge in [-0.25, -0.2) is 0 Å². The Morgan fingerprint density at radius 3 is 2.64 bits per heavy atom. The molecule has 146 valence electrons. The molecule has 5 nitrogen and oxygen atoms in total. The summed E-state index contributed by atoms with van der Waals surface area (Å²) in [5, 5.41) is 10.1. The Bertz CT molecular complexity index is 927. The molecule has 2 aromatic carbocycles. The van der Waals surface area contributed by atoms with Gasteiger partial charge in [-0.2, -0.15) is 0 Å². The van der Waals surface area contributed by atoms with E-state index in [2.05, 4.69) is 4.98 Å². The van der Waals surface area contributed by atoms with Crippen LogP contribution < -0.4 is 4.74 Å². The van der Waals surface area contributed by atoms with Crippen LogP contribution in [0.4, 0.5) is 0 Å². The summed E-state index contributed by atoms with van der Waals surface area (Å²) in [5.74, 6) is 1.37. The molecule has 1 aromatic heterocycles. The van der Waals surface area contributed by atoms with Gasteiger partial charge < -0.3 is 19.7 Å². The van der Waals surface area contributed by atoms with Gasteiger partial charge in [-0.05, 0) is 55.0 Å². The van der Waals surface area contributed by atoms with Crippen LogP contribution in [0.15, 0.2) is 54.6 Å². The standard InChI is InChI=1S/C23H26N2O3/c26-13-10-17-8-11-25(12-9-17)23(27)22-15-19-14-20(6-7-21(19)24-22)28-16-18-4-2-1-3-5-18/h1-7,14-15,17,24,26H,8-13,16H2. The highest BCUT2D eigenvalue weighted by molar-refractivity contribution is 5.98. The third-order valence-electron chi connectivity index (χ3n) is 5.51. The van der Waals surface area contributed by atoms with E-state index in [1.807, 2.05) is 59.5 Å². The quantitative estimate of drug-likeness (QED) is 0.682. The zero-order chi connectivity index (χ0) is 19.3. The number of aliphatic hydroxyl groups is 1. The van der Waals surface area contributed by atoms with E-state index in [0.29, 0.717) is 18.2 Å². The minimum absolute atomic E-state index is 0.0467. The van der Waals surface area contributed by atoms with E-state index >= 15 is 0 Å². The molecule has 1 aliphatic heterocycles. The minimum Gasteiger partial charge on any atom is -0.489 e. The molecule has 28 heavy (non-hydrogen) atoms. The predicted octanol–water partition coefficient (Wildman–Crippen LogP) is 3.98. The molecular formula is C23H26N2O3. The first kappa shape index (κ1) is 18.6. The number of ether oxygens (including phenoxy) is 1. The number of carbonyl (C=O) groups is 1. The highest BCUT2D eigenvalue weighted by atomic mass is 16.5. The number of nitrogens with zero attached hydrogens (tertiary/aromatic N) is 1. The van der Waals surface area contributed by atoms with Gasteiger partial charge in [-0.3, -0.25) is 4.79 Å². The second-order valence-electron chi connectivity index (χ2n) is 7.45. The molecule has 0 saturated carbocycles. The Hall–Kier alpha value is -2.79. The number of amides is 1. The van der Waals surface area contributed by atoms with Gasteiger partial charge in [0.05, 0.1) is 0 Å². The average molecular weight is 378 g/mol. The largest absolute Gasteiger partial charge is 0.489 e. The summed E-state index contributed by atoms with van der Waals surface area (Å²) in [6.07, 6.45) is 2.76. The average Bonchev–Trinajstić information content (AvgIpc) is 3.17. The van der Waals surface area contributed by atoms with Crippen LogP contribution in [-0.4, -0.2) is 40.6 Å². The maximum Gasteiger partial charge on any atom is 0.270 e. The lowest BCUT2D eigenvalue weighted by atomic mass is 9.94. The third kappa shape index (κ3) is 4.20. The number of hydrogen-bond acceptors (Lipinski definition) is 3. The molecule has 1 amide bonds. The molecule has 0 bridgehead atoms. The lowest BCUT2D eigenvalue weighted by Gasteiger charge is -2.31. The Labute approximate surface area is 164 Å². The molecule has 0 aliphatic carbocycles. The first-order valence-electron chi connectivity index (χ1n) is 9.92. The van der Waals surface area contributed by atoms with E-state index < -0.39 is 0 Å². The first-order valence-corrected chi connectivity index (χ1v) is 9.92. The Morgan fingerprint density at radius 2 is 1.89 bits per heavy atom. The molecule has 1 fully saturated rings. The number of piperidine rings is 1. The van der Waals surface area contributed by atoms with Gasteiger partial charge in [0.2, 0.25) is 0 Å². The van der Waals surface area contributed by atoms with Crippen molar-refractivity contribution in [3.05, 3.63) is 65.9 Å². The molecule has 0 unspecified atom stereocenters. The number of aromatic amines is 1. The molecule has 4 rings (SSSR count). The van der Waals surface area contributed by atoms with Gasteiger partial charge in [-0.15, -0.1) is 0 Å². The normalized spacial score (nSPS) is 15.1. The van der Waals surface area contributed by atoms with Crippen LogP contribution in [-0.2, 0) is 6.61 Å². The van der Waals surface area contributed by atoms with E-state index in [1.165, 1.54) is 0 Å². The fourth-order valence-electron chi connectivity index (χ4n) is 3.83. The highest BCUT2D eigenvalue weighted by Gasteiger charge is 2.24. The third-order valence-corrected chi connectivity index (χ3v) is 5.51. The summed E-state index contributed by atoms with van der Waals surface area (Å²) in [4.78, 5) is 18.0. The molecule has 1 saturated heterocycles. The van der Waals surface area contributed by atoms with Crippen molar-refractivity contribution in [1.29, 1.82) is 0 Å². The summed E-state index contributed by atoms with van der Waals surface area (Å²) in [6.45, 7) is 2.26. The number of likely N-dealkylation sites (tertiary alicyclic amines) is 1. The van der Waals surface area contributed by atoms with E-state index in [1.54, 1.807) is 0 Å². The number of H-pyrrole nitrogens is 1. The second kappa shape index (κ2) is 8.48. The summed E-state index contributed by atoms with van der Waals surface area (Å²) in [6, 6.07) is 17.8. The van der Waals surface area contributed by atoms with Crippen molar-refractivity contribution >= 4 is 16.8 Å². The zero-order valence-corrected chi connectivity index (χ0v) is 15.9. The van der Waals surface area contributed by atoms with E-state index in [-0.39, 0.29) is 12.5 Å². The lowest BCUT2D eigenvalue weighted by Crippen LogP contribution is -2.38. The molecule has 5 heteroatoms. The molecule has 0 atom stereocenters. The number of fused-ring (bicyclic) bond motifs is 1. The SMILES string of the molecule is O=C(c1cc2cc(OCc3ccccc3)ccc2[nH]1)N1CCC(CCO)CC1. The highest BCUT2D eigenvalue weighted by Crippen LogP contribution is 2.25. The van der Waals surface area contributed by atoms with E-state index in [4.69, 9.17) is 9.84 Å². The lowest BCUT2D eigenvalue weighted by molar-refractivity contribution is 0.0673. The molecule has 2 N–H and O–H groups in total. The second-order valence-corrected chi connectivity index (χ2v) is 7.45. The molecule has 0 spiro atoms. The van der Waals surface area contributed by atoms with Crippen molar-refractivity contribution in [3.63, 3.8) is 0 Å². The summed E-state index contributed by atoms with van der Waals surface area (Å²) >= 11 is 0. The van der Waals surface area contributed by atoms with Crippen LogP contribution in [0, 0.1) is 5.92 Å². The number of carbonyl (C=O) groups excluding carboxylic acids is 1. The Balaban J connectivity index is 1.42. The molecule has 2 heterocycles. The van der Waals surface area contributed by atoms with Crippen molar-refractivity contribution < 1.29 is 14.6 Å². The summed E-state index contributed by atoms with van der Waals surface area (Å²) < 4.78 is 5.89. The summed E-state index contributed by atoms with van der Waals surface area (Å²) in [7, 11) is 0. The minimum atomic E-state index is 0.0467. The smallest absolute Gasteiger partial charge is 0.270 e. The van der Waals surface area contributed by atoms with Crippen LogP contribution in [0.25, 0.3) is 10.9 Å². The van der Waals surface area contributed by atoms with Gasteiger partial charge in [0.25, 0.3) is 5.91 Å². The van der Waals surface area contributed by atoms with Gasteiger partial charge in [0.1, 0.15) is 18.1 Å². The number of rotatable bonds is 6. The maximum atomic E-state index is 12.8. The number of aliphatic hydroxyl groups excluding tert-OH is 1. The fraction of sp³-hybridized carbons (Fsp3) is 0.348. The van der Waals surface area contributed by atoms with Gasteiger partial charge >= 0.3 is 0 Å². The van der Waals surface area contributed by atoms with Gasteiger partial charge in [-0.1, -0.05) is 30.3 Å².